The van der Waals surface area contributed by atoms with Crippen LogP contribution in [0.5, 0.6) is 0 Å². The van der Waals surface area contributed by atoms with Gasteiger partial charge in [0.15, 0.2) is 0 Å². The van der Waals surface area contributed by atoms with E-state index in [0.29, 0.717) is 12.1 Å². The Morgan fingerprint density at radius 3 is 3.00 bits per heavy atom. The lowest BCUT2D eigenvalue weighted by atomic mass is 10.1. The number of benzene rings is 1. The lowest BCUT2D eigenvalue weighted by Gasteiger charge is -2.09. The zero-order valence-corrected chi connectivity index (χ0v) is 11.6. The van der Waals surface area contributed by atoms with E-state index in [1.807, 2.05) is 6.07 Å². The molecule has 1 aliphatic rings. The summed E-state index contributed by atoms with van der Waals surface area (Å²) in [5, 5.41) is 3.49. The van der Waals surface area contributed by atoms with E-state index in [-0.39, 0.29) is 11.7 Å². The van der Waals surface area contributed by atoms with Gasteiger partial charge in [-0.1, -0.05) is 18.2 Å². The summed E-state index contributed by atoms with van der Waals surface area (Å²) in [6.07, 6.45) is 3.10. The van der Waals surface area contributed by atoms with Crippen molar-refractivity contribution in [3.05, 3.63) is 46.3 Å². The summed E-state index contributed by atoms with van der Waals surface area (Å²) < 4.78 is 10.6. The molecular formula is C16H17NO4. The van der Waals surface area contributed by atoms with Gasteiger partial charge < -0.3 is 14.5 Å². The molecule has 0 bridgehead atoms. The van der Waals surface area contributed by atoms with Crippen LogP contribution in [0.1, 0.15) is 29.6 Å². The van der Waals surface area contributed by atoms with E-state index in [4.69, 9.17) is 9.15 Å². The number of ether oxygens (including phenoxy) is 1. The average molecular weight is 287 g/mol. The minimum Gasteiger partial charge on any atom is -0.422 e. The van der Waals surface area contributed by atoms with Crippen molar-refractivity contribution >= 4 is 16.9 Å². The summed E-state index contributed by atoms with van der Waals surface area (Å²) in [5.74, 6) is -0.396. The molecule has 0 saturated carbocycles. The van der Waals surface area contributed by atoms with E-state index < -0.39 is 11.5 Å². The molecule has 0 aliphatic carbocycles. The molecular weight excluding hydrogens is 270 g/mol. The highest BCUT2D eigenvalue weighted by atomic mass is 16.5. The number of rotatable bonds is 4. The Hall–Kier alpha value is -2.14. The summed E-state index contributed by atoms with van der Waals surface area (Å²) in [7, 11) is 0. The highest BCUT2D eigenvalue weighted by Gasteiger charge is 2.17. The Labute approximate surface area is 121 Å². The second-order valence-electron chi connectivity index (χ2n) is 5.16. The monoisotopic (exact) mass is 287 g/mol. The first-order chi connectivity index (χ1) is 10.2. The molecule has 0 spiro atoms. The van der Waals surface area contributed by atoms with Crippen molar-refractivity contribution in [3.8, 4) is 0 Å². The maximum atomic E-state index is 12.1. The highest BCUT2D eigenvalue weighted by Crippen LogP contribution is 2.15. The van der Waals surface area contributed by atoms with Crippen LogP contribution >= 0.6 is 0 Å². The summed E-state index contributed by atoms with van der Waals surface area (Å²) >= 11 is 0. The van der Waals surface area contributed by atoms with Crippen LogP contribution in [0.4, 0.5) is 0 Å². The fraction of sp³-hybridized carbons (Fsp3) is 0.375. The topological polar surface area (TPSA) is 68.5 Å². The largest absolute Gasteiger partial charge is 0.422 e. The van der Waals surface area contributed by atoms with Crippen molar-refractivity contribution < 1.29 is 13.9 Å². The molecule has 2 heterocycles. The number of fused-ring (bicyclic) bond motifs is 1. The van der Waals surface area contributed by atoms with Crippen molar-refractivity contribution in [1.29, 1.82) is 0 Å². The van der Waals surface area contributed by atoms with E-state index in [9.17, 15) is 9.59 Å². The number of hydrogen-bond donors (Lipinski definition) is 1. The van der Waals surface area contributed by atoms with Gasteiger partial charge in [0.1, 0.15) is 11.1 Å². The molecule has 110 valence electrons. The molecule has 1 aromatic heterocycles. The van der Waals surface area contributed by atoms with E-state index in [1.54, 1.807) is 24.3 Å². The highest BCUT2D eigenvalue weighted by molar-refractivity contribution is 5.96. The number of para-hydroxylation sites is 1. The van der Waals surface area contributed by atoms with Crippen molar-refractivity contribution in [2.45, 2.75) is 25.4 Å². The molecule has 21 heavy (non-hydrogen) atoms. The fourth-order valence-corrected chi connectivity index (χ4v) is 2.53. The van der Waals surface area contributed by atoms with Gasteiger partial charge in [-0.3, -0.25) is 4.79 Å². The molecule has 1 N–H and O–H groups in total. The zero-order chi connectivity index (χ0) is 14.7. The third kappa shape index (κ3) is 3.13. The number of carbonyl (C=O) groups excluding carboxylic acids is 1. The number of hydrogen-bond acceptors (Lipinski definition) is 4. The predicted molar refractivity (Wildman–Crippen MR) is 78.4 cm³/mol. The van der Waals surface area contributed by atoms with Gasteiger partial charge in [-0.05, 0) is 31.4 Å². The van der Waals surface area contributed by atoms with Crippen LogP contribution in [0.2, 0.25) is 0 Å². The molecule has 1 saturated heterocycles. The normalized spacial score (nSPS) is 18.0. The summed E-state index contributed by atoms with van der Waals surface area (Å²) in [6, 6.07) is 8.70. The number of amides is 1. The van der Waals surface area contributed by atoms with Gasteiger partial charge in [0.2, 0.25) is 0 Å². The lowest BCUT2D eigenvalue weighted by molar-refractivity contribution is 0.0904. The molecule has 1 amide bonds. The second-order valence-corrected chi connectivity index (χ2v) is 5.16. The molecule has 5 heteroatoms. The van der Waals surface area contributed by atoms with Gasteiger partial charge in [0, 0.05) is 18.5 Å². The molecule has 5 nitrogen and oxygen atoms in total. The minimum atomic E-state index is -0.608. The van der Waals surface area contributed by atoms with E-state index in [0.717, 1.165) is 31.3 Å². The summed E-state index contributed by atoms with van der Waals surface area (Å²) in [4.78, 5) is 23.9. The smallest absolute Gasteiger partial charge is 0.349 e. The van der Waals surface area contributed by atoms with Gasteiger partial charge in [-0.25, -0.2) is 4.79 Å². The van der Waals surface area contributed by atoms with Crippen LogP contribution in [0.3, 0.4) is 0 Å². The SMILES string of the molecule is O=C(NCCC1CCCO1)c1cc2ccccc2oc1=O. The predicted octanol–water partition coefficient (Wildman–Crippen LogP) is 2.09. The molecule has 1 aliphatic heterocycles. The van der Waals surface area contributed by atoms with Gasteiger partial charge >= 0.3 is 5.63 Å². The average Bonchev–Trinajstić information content (AvgIpc) is 2.99. The van der Waals surface area contributed by atoms with E-state index in [2.05, 4.69) is 5.32 Å². The van der Waals surface area contributed by atoms with Crippen molar-refractivity contribution in [2.75, 3.05) is 13.2 Å². The molecule has 3 rings (SSSR count). The third-order valence-corrected chi connectivity index (χ3v) is 3.66. The molecule has 0 radical (unpaired) electrons. The molecule has 1 atom stereocenters. The van der Waals surface area contributed by atoms with Crippen LogP contribution in [0, 0.1) is 0 Å². The first-order valence-electron chi connectivity index (χ1n) is 7.17. The van der Waals surface area contributed by atoms with Crippen molar-refractivity contribution in [3.63, 3.8) is 0 Å². The zero-order valence-electron chi connectivity index (χ0n) is 11.6. The Balaban J connectivity index is 1.68. The third-order valence-electron chi connectivity index (χ3n) is 3.66. The molecule has 2 aromatic rings. The Morgan fingerprint density at radius 1 is 1.33 bits per heavy atom. The summed E-state index contributed by atoms with van der Waals surface area (Å²) in [5.41, 5.74) is -0.0808. The van der Waals surface area contributed by atoms with Crippen molar-refractivity contribution in [2.24, 2.45) is 0 Å². The minimum absolute atomic E-state index is 0.0426. The summed E-state index contributed by atoms with van der Waals surface area (Å²) in [6.45, 7) is 1.29. The van der Waals surface area contributed by atoms with Gasteiger partial charge in [-0.15, -0.1) is 0 Å². The molecule has 1 unspecified atom stereocenters. The van der Waals surface area contributed by atoms with Gasteiger partial charge in [0.25, 0.3) is 5.91 Å². The lowest BCUT2D eigenvalue weighted by Crippen LogP contribution is -2.30. The van der Waals surface area contributed by atoms with Crippen molar-refractivity contribution in [1.82, 2.24) is 5.32 Å². The van der Waals surface area contributed by atoms with Gasteiger partial charge in [0.05, 0.1) is 6.10 Å². The van der Waals surface area contributed by atoms with Crippen LogP contribution in [-0.4, -0.2) is 25.2 Å². The number of carbonyl (C=O) groups is 1. The molecule has 1 fully saturated rings. The maximum Gasteiger partial charge on any atom is 0.349 e. The van der Waals surface area contributed by atoms with Crippen LogP contribution < -0.4 is 10.9 Å². The van der Waals surface area contributed by atoms with Crippen LogP contribution in [0.25, 0.3) is 11.0 Å². The quantitative estimate of drug-likeness (QED) is 0.874. The first kappa shape index (κ1) is 13.8. The standard InChI is InChI=1S/C16H17NO4/c18-15(17-8-7-12-5-3-9-20-12)13-10-11-4-1-2-6-14(11)21-16(13)19/h1-2,4,6,10,12H,3,5,7-9H2,(H,17,18). The Morgan fingerprint density at radius 2 is 2.19 bits per heavy atom. The Kier molecular flexibility index (Phi) is 4.01. The number of nitrogens with one attached hydrogen (secondary N) is 1. The first-order valence-corrected chi connectivity index (χ1v) is 7.17. The maximum absolute atomic E-state index is 12.1. The van der Waals surface area contributed by atoms with E-state index >= 15 is 0 Å². The fourth-order valence-electron chi connectivity index (χ4n) is 2.53. The second kappa shape index (κ2) is 6.10. The van der Waals surface area contributed by atoms with Crippen LogP contribution in [-0.2, 0) is 4.74 Å². The van der Waals surface area contributed by atoms with Crippen LogP contribution in [0.15, 0.2) is 39.5 Å². The molecule has 1 aromatic carbocycles. The Bertz CT molecular complexity index is 701. The van der Waals surface area contributed by atoms with Gasteiger partial charge in [-0.2, -0.15) is 0 Å². The van der Waals surface area contributed by atoms with E-state index in [1.165, 1.54) is 0 Å².